The Balaban J connectivity index is 1.42. The van der Waals surface area contributed by atoms with Crippen LogP contribution < -0.4 is 4.90 Å². The van der Waals surface area contributed by atoms with Gasteiger partial charge in [0.2, 0.25) is 0 Å². The zero-order valence-electron chi connectivity index (χ0n) is 21.8. The van der Waals surface area contributed by atoms with Gasteiger partial charge >= 0.3 is 0 Å². The number of anilines is 3. The number of para-hydroxylation sites is 2. The molecule has 0 saturated heterocycles. The summed E-state index contributed by atoms with van der Waals surface area (Å²) in [4.78, 5) is 2.36. The lowest BCUT2D eigenvalue weighted by Gasteiger charge is -2.27. The topological polar surface area (TPSA) is 16.4 Å². The van der Waals surface area contributed by atoms with Crippen LogP contribution in [-0.2, 0) is 0 Å². The summed E-state index contributed by atoms with van der Waals surface area (Å²) in [7, 11) is 0. The summed E-state index contributed by atoms with van der Waals surface area (Å²) in [6.45, 7) is 0. The van der Waals surface area contributed by atoms with Crippen LogP contribution in [-0.4, -0.2) is 0 Å². The maximum Gasteiger partial charge on any atom is 0.136 e. The number of benzene rings is 7. The molecule has 0 fully saturated rings. The minimum absolute atomic E-state index is 0.901. The van der Waals surface area contributed by atoms with Crippen LogP contribution in [0.4, 0.5) is 17.1 Å². The monoisotopic (exact) mass is 511 g/mol. The summed E-state index contributed by atoms with van der Waals surface area (Å²) in [5.41, 5.74) is 7.55. The fourth-order valence-electron chi connectivity index (χ4n) is 5.92. The second kappa shape index (κ2) is 9.14. The third kappa shape index (κ3) is 3.65. The summed E-state index contributed by atoms with van der Waals surface area (Å²) in [5, 5.41) is 7.10. The Morgan fingerprint density at radius 2 is 1.00 bits per heavy atom. The molecule has 0 N–H and O–H groups in total. The van der Waals surface area contributed by atoms with Crippen LogP contribution in [0.15, 0.2) is 156 Å². The molecule has 0 spiro atoms. The molecular weight excluding hydrogens is 486 g/mol. The Labute approximate surface area is 232 Å². The first-order chi connectivity index (χ1) is 19.8. The van der Waals surface area contributed by atoms with E-state index in [0.29, 0.717) is 0 Å². The average Bonchev–Trinajstić information content (AvgIpc) is 3.39. The van der Waals surface area contributed by atoms with Crippen LogP contribution in [0.25, 0.3) is 54.6 Å². The van der Waals surface area contributed by atoms with Gasteiger partial charge in [-0.05, 0) is 75.8 Å². The molecule has 0 unspecified atom stereocenters. The van der Waals surface area contributed by atoms with Crippen molar-refractivity contribution in [2.24, 2.45) is 0 Å². The van der Waals surface area contributed by atoms with Crippen molar-refractivity contribution in [1.29, 1.82) is 0 Å². The molecule has 1 heterocycles. The van der Waals surface area contributed by atoms with Crippen molar-refractivity contribution in [1.82, 2.24) is 0 Å². The Kier molecular flexibility index (Phi) is 5.17. The molecule has 8 rings (SSSR count). The molecular formula is C38H25NO. The highest BCUT2D eigenvalue weighted by Gasteiger charge is 2.19. The van der Waals surface area contributed by atoms with Crippen LogP contribution in [0, 0.1) is 0 Å². The van der Waals surface area contributed by atoms with Gasteiger partial charge in [-0.25, -0.2) is 0 Å². The highest BCUT2D eigenvalue weighted by Crippen LogP contribution is 2.44. The van der Waals surface area contributed by atoms with Crippen molar-refractivity contribution < 1.29 is 4.42 Å². The van der Waals surface area contributed by atoms with E-state index in [9.17, 15) is 0 Å². The van der Waals surface area contributed by atoms with Gasteiger partial charge in [-0.15, -0.1) is 0 Å². The first-order valence-corrected chi connectivity index (χ1v) is 13.6. The van der Waals surface area contributed by atoms with Crippen molar-refractivity contribution in [2.75, 3.05) is 4.90 Å². The minimum Gasteiger partial charge on any atom is -0.456 e. The van der Waals surface area contributed by atoms with Crippen LogP contribution in [0.5, 0.6) is 0 Å². The van der Waals surface area contributed by atoms with Crippen LogP contribution in [0.1, 0.15) is 0 Å². The molecule has 0 saturated carbocycles. The van der Waals surface area contributed by atoms with E-state index in [1.54, 1.807) is 0 Å². The maximum atomic E-state index is 6.36. The van der Waals surface area contributed by atoms with E-state index in [2.05, 4.69) is 144 Å². The summed E-state index contributed by atoms with van der Waals surface area (Å²) in [6, 6.07) is 53.8. The Morgan fingerprint density at radius 1 is 0.375 bits per heavy atom. The molecule has 0 radical (unpaired) electrons. The zero-order valence-corrected chi connectivity index (χ0v) is 21.8. The maximum absolute atomic E-state index is 6.36. The number of hydrogen-bond acceptors (Lipinski definition) is 2. The molecule has 0 aliphatic rings. The summed E-state index contributed by atoms with van der Waals surface area (Å²) in [5.74, 6) is 0. The third-order valence-corrected chi connectivity index (χ3v) is 7.82. The lowest BCUT2D eigenvalue weighted by Crippen LogP contribution is -2.10. The zero-order chi connectivity index (χ0) is 26.5. The van der Waals surface area contributed by atoms with Crippen LogP contribution in [0.3, 0.4) is 0 Å². The molecule has 0 aliphatic heterocycles. The van der Waals surface area contributed by atoms with Gasteiger partial charge < -0.3 is 9.32 Å². The molecule has 7 aromatic carbocycles. The smallest absolute Gasteiger partial charge is 0.136 e. The van der Waals surface area contributed by atoms with Crippen molar-refractivity contribution in [3.05, 3.63) is 152 Å². The van der Waals surface area contributed by atoms with Gasteiger partial charge in [0, 0.05) is 27.5 Å². The first kappa shape index (κ1) is 22.6. The summed E-state index contributed by atoms with van der Waals surface area (Å²) >= 11 is 0. The van der Waals surface area contributed by atoms with Crippen molar-refractivity contribution in [3.8, 4) is 11.1 Å². The molecule has 8 aromatic rings. The molecule has 0 atom stereocenters. The Morgan fingerprint density at radius 3 is 1.80 bits per heavy atom. The van der Waals surface area contributed by atoms with E-state index in [-0.39, 0.29) is 0 Å². The van der Waals surface area contributed by atoms with Gasteiger partial charge in [0.25, 0.3) is 0 Å². The van der Waals surface area contributed by atoms with Gasteiger partial charge in [-0.3, -0.25) is 0 Å². The normalized spacial score (nSPS) is 11.5. The van der Waals surface area contributed by atoms with Gasteiger partial charge in [0.05, 0.1) is 5.69 Å². The summed E-state index contributed by atoms with van der Waals surface area (Å²) in [6.07, 6.45) is 0. The average molecular weight is 512 g/mol. The Hall–Kier alpha value is -5.34. The third-order valence-electron chi connectivity index (χ3n) is 7.82. The predicted molar refractivity (Wildman–Crippen MR) is 169 cm³/mol. The second-order valence-electron chi connectivity index (χ2n) is 10.2. The van der Waals surface area contributed by atoms with E-state index in [0.717, 1.165) is 44.4 Å². The van der Waals surface area contributed by atoms with E-state index in [4.69, 9.17) is 4.42 Å². The second-order valence-corrected chi connectivity index (χ2v) is 10.2. The number of nitrogens with zero attached hydrogens (tertiary/aromatic N) is 1. The molecule has 0 bridgehead atoms. The number of fused-ring (bicyclic) bond motifs is 6. The molecule has 0 amide bonds. The van der Waals surface area contributed by atoms with E-state index in [1.165, 1.54) is 27.3 Å². The van der Waals surface area contributed by atoms with Gasteiger partial charge in [-0.2, -0.15) is 0 Å². The summed E-state index contributed by atoms with van der Waals surface area (Å²) < 4.78 is 6.36. The van der Waals surface area contributed by atoms with E-state index < -0.39 is 0 Å². The molecule has 0 aliphatic carbocycles. The molecule has 1 aromatic heterocycles. The molecule has 188 valence electrons. The quantitative estimate of drug-likeness (QED) is 0.218. The minimum atomic E-state index is 0.901. The highest BCUT2D eigenvalue weighted by atomic mass is 16.3. The Bertz CT molecular complexity index is 2140. The lowest BCUT2D eigenvalue weighted by atomic mass is 9.97. The first-order valence-electron chi connectivity index (χ1n) is 13.6. The highest BCUT2D eigenvalue weighted by molar-refractivity contribution is 6.20. The lowest BCUT2D eigenvalue weighted by molar-refractivity contribution is 0.669. The number of rotatable bonds is 4. The van der Waals surface area contributed by atoms with Crippen LogP contribution >= 0.6 is 0 Å². The van der Waals surface area contributed by atoms with Crippen LogP contribution in [0.2, 0.25) is 0 Å². The fourth-order valence-corrected chi connectivity index (χ4v) is 5.92. The number of hydrogen-bond donors (Lipinski definition) is 0. The predicted octanol–water partition coefficient (Wildman–Crippen LogP) is 11.0. The number of furan rings is 1. The van der Waals surface area contributed by atoms with Crippen molar-refractivity contribution in [3.63, 3.8) is 0 Å². The fraction of sp³-hybridized carbons (Fsp3) is 0. The van der Waals surface area contributed by atoms with Gasteiger partial charge in [-0.1, -0.05) is 103 Å². The van der Waals surface area contributed by atoms with Crippen molar-refractivity contribution >= 4 is 60.5 Å². The SMILES string of the molecule is c1ccc(-c2ccc(N(c3ccccc3)c3cc4ccccc4c4cc5c(cc34)oc3ccccc35)cc2)cc1. The van der Waals surface area contributed by atoms with Gasteiger partial charge in [0.15, 0.2) is 0 Å². The molecule has 2 heteroatoms. The standard InChI is InChI=1S/C38H25NO/c1-3-11-26(12-4-1)27-19-21-30(22-20-27)39(29-14-5-2-6-15-29)36-23-28-13-7-8-16-31(28)33-24-35-32-17-9-10-18-37(32)40-38(35)25-34(33)36/h1-25H. The van der Waals surface area contributed by atoms with E-state index >= 15 is 0 Å². The largest absolute Gasteiger partial charge is 0.456 e. The van der Waals surface area contributed by atoms with Gasteiger partial charge in [0.1, 0.15) is 11.2 Å². The van der Waals surface area contributed by atoms with Crippen molar-refractivity contribution in [2.45, 2.75) is 0 Å². The molecule has 40 heavy (non-hydrogen) atoms. The molecule has 2 nitrogen and oxygen atoms in total. The van der Waals surface area contributed by atoms with E-state index in [1.807, 2.05) is 12.1 Å².